The van der Waals surface area contributed by atoms with Crippen molar-refractivity contribution in [1.82, 2.24) is 14.5 Å². The van der Waals surface area contributed by atoms with Gasteiger partial charge in [0.15, 0.2) is 0 Å². The van der Waals surface area contributed by atoms with Gasteiger partial charge in [-0.05, 0) is 39.0 Å². The van der Waals surface area contributed by atoms with Crippen LogP contribution in [0.5, 0.6) is 0 Å². The van der Waals surface area contributed by atoms with Gasteiger partial charge in [-0.25, -0.2) is 9.78 Å². The number of aryl methyl sites for hydroxylation is 2. The Kier molecular flexibility index (Phi) is 4.09. The summed E-state index contributed by atoms with van der Waals surface area (Å²) < 4.78 is 7.86. The van der Waals surface area contributed by atoms with Crippen LogP contribution in [0.15, 0.2) is 30.5 Å². The summed E-state index contributed by atoms with van der Waals surface area (Å²) in [5.41, 5.74) is 3.15. The molecule has 1 saturated heterocycles. The molecule has 2 atom stereocenters. The summed E-state index contributed by atoms with van der Waals surface area (Å²) in [6, 6.07) is 7.90. The highest BCUT2D eigenvalue weighted by atomic mass is 16.5. The van der Waals surface area contributed by atoms with E-state index in [0.717, 1.165) is 22.8 Å². The molecule has 1 aliphatic heterocycles. The second kappa shape index (κ2) is 6.04. The van der Waals surface area contributed by atoms with Gasteiger partial charge in [-0.1, -0.05) is 6.07 Å². The fraction of sp³-hybridized carbons (Fsp3) is 0.412. The predicted molar refractivity (Wildman–Crippen MR) is 85.9 cm³/mol. The number of carbonyl (C=O) groups is 1. The van der Waals surface area contributed by atoms with Gasteiger partial charge in [-0.2, -0.15) is 0 Å². The smallest absolute Gasteiger partial charge is 0.407 e. The molecule has 1 fully saturated rings. The number of amides is 1. The number of ether oxygens (including phenoxy) is 1. The van der Waals surface area contributed by atoms with Gasteiger partial charge in [0.1, 0.15) is 11.9 Å². The molecule has 1 aliphatic rings. The largest absolute Gasteiger partial charge is 0.465 e. The summed E-state index contributed by atoms with van der Waals surface area (Å²) in [6.07, 6.45) is 0.596. The molecule has 23 heavy (non-hydrogen) atoms. The number of hydrogen-bond acceptors (Lipinski definition) is 3. The Morgan fingerprint density at radius 1 is 1.26 bits per heavy atom. The molecule has 6 nitrogen and oxygen atoms in total. The van der Waals surface area contributed by atoms with E-state index in [1.165, 1.54) is 4.90 Å². The summed E-state index contributed by atoms with van der Waals surface area (Å²) in [7, 11) is 0. The van der Waals surface area contributed by atoms with Crippen LogP contribution in [-0.2, 0) is 4.74 Å². The fourth-order valence-electron chi connectivity index (χ4n) is 2.97. The number of nitrogens with zero attached hydrogens (tertiary/aromatic N) is 3. The molecule has 6 heteroatoms. The van der Waals surface area contributed by atoms with Crippen LogP contribution in [0.3, 0.4) is 0 Å². The van der Waals surface area contributed by atoms with Crippen molar-refractivity contribution in [3.05, 3.63) is 47.4 Å². The van der Waals surface area contributed by atoms with E-state index in [2.05, 4.69) is 21.7 Å². The Hall–Kier alpha value is -2.34. The van der Waals surface area contributed by atoms with Gasteiger partial charge >= 0.3 is 6.09 Å². The van der Waals surface area contributed by atoms with Crippen molar-refractivity contribution in [2.75, 3.05) is 13.2 Å². The van der Waals surface area contributed by atoms with E-state index in [4.69, 9.17) is 4.74 Å². The SMILES string of the molecule is Cc1ccc(C)n1-c1ccc([C@H]2CN(C(=O)O)[C@@H](C)CO2)cn1. The lowest BCUT2D eigenvalue weighted by molar-refractivity contribution is -0.0506. The molecule has 2 aromatic heterocycles. The minimum atomic E-state index is -0.908. The molecule has 0 bridgehead atoms. The number of aromatic nitrogens is 2. The highest BCUT2D eigenvalue weighted by Crippen LogP contribution is 2.25. The van der Waals surface area contributed by atoms with E-state index in [1.54, 1.807) is 6.20 Å². The minimum absolute atomic E-state index is 0.124. The topological polar surface area (TPSA) is 67.6 Å². The van der Waals surface area contributed by atoms with Crippen LogP contribution in [0.1, 0.15) is 30.0 Å². The first-order valence-electron chi connectivity index (χ1n) is 7.70. The zero-order valence-corrected chi connectivity index (χ0v) is 13.6. The van der Waals surface area contributed by atoms with Crippen LogP contribution >= 0.6 is 0 Å². The summed E-state index contributed by atoms with van der Waals surface area (Å²) in [4.78, 5) is 17.2. The van der Waals surface area contributed by atoms with E-state index in [1.807, 2.05) is 32.9 Å². The van der Waals surface area contributed by atoms with Crippen LogP contribution in [0.4, 0.5) is 4.79 Å². The molecule has 1 N–H and O–H groups in total. The molecule has 0 saturated carbocycles. The van der Waals surface area contributed by atoms with Gasteiger partial charge < -0.3 is 19.3 Å². The van der Waals surface area contributed by atoms with Crippen molar-refractivity contribution < 1.29 is 14.6 Å². The van der Waals surface area contributed by atoms with Crippen LogP contribution in [-0.4, -0.2) is 44.8 Å². The number of carboxylic acid groups (broad SMARTS) is 1. The van der Waals surface area contributed by atoms with Gasteiger partial charge in [0, 0.05) is 23.1 Å². The van der Waals surface area contributed by atoms with Crippen molar-refractivity contribution >= 4 is 6.09 Å². The fourth-order valence-corrected chi connectivity index (χ4v) is 2.97. The molecule has 0 radical (unpaired) electrons. The van der Waals surface area contributed by atoms with Crippen molar-refractivity contribution in [2.45, 2.75) is 32.9 Å². The molecule has 3 rings (SSSR count). The van der Waals surface area contributed by atoms with E-state index >= 15 is 0 Å². The van der Waals surface area contributed by atoms with Crippen LogP contribution < -0.4 is 0 Å². The van der Waals surface area contributed by atoms with Crippen molar-refractivity contribution in [3.63, 3.8) is 0 Å². The molecular formula is C17H21N3O3. The number of pyridine rings is 1. The van der Waals surface area contributed by atoms with E-state index < -0.39 is 6.09 Å². The number of rotatable bonds is 2. The lowest BCUT2D eigenvalue weighted by Gasteiger charge is -2.36. The third-order valence-electron chi connectivity index (χ3n) is 4.32. The molecule has 1 amide bonds. The highest BCUT2D eigenvalue weighted by molar-refractivity contribution is 5.65. The lowest BCUT2D eigenvalue weighted by atomic mass is 10.1. The third-order valence-corrected chi connectivity index (χ3v) is 4.32. The first-order chi connectivity index (χ1) is 11.0. The molecule has 0 spiro atoms. The maximum atomic E-state index is 11.3. The Bertz CT molecular complexity index is 689. The van der Waals surface area contributed by atoms with Crippen molar-refractivity contribution in [3.8, 4) is 5.82 Å². The van der Waals surface area contributed by atoms with Gasteiger partial charge in [0.2, 0.25) is 0 Å². The Morgan fingerprint density at radius 2 is 1.96 bits per heavy atom. The average Bonchev–Trinajstić information content (AvgIpc) is 2.87. The summed E-state index contributed by atoms with van der Waals surface area (Å²) in [5, 5.41) is 9.25. The first-order valence-corrected chi connectivity index (χ1v) is 7.70. The maximum absolute atomic E-state index is 11.3. The van der Waals surface area contributed by atoms with E-state index in [0.29, 0.717) is 13.2 Å². The van der Waals surface area contributed by atoms with E-state index in [9.17, 15) is 9.90 Å². The van der Waals surface area contributed by atoms with Gasteiger partial charge in [0.25, 0.3) is 0 Å². The van der Waals surface area contributed by atoms with Crippen LogP contribution in [0, 0.1) is 13.8 Å². The standard InChI is InChI=1S/C17H21N3O3/c1-11-4-5-12(2)20(11)16-7-6-14(8-18-16)15-9-19(17(21)22)13(3)10-23-15/h4-8,13,15H,9-10H2,1-3H3,(H,21,22)/t13-,15+/m0/s1. The first kappa shape index (κ1) is 15.6. The van der Waals surface area contributed by atoms with Crippen molar-refractivity contribution in [1.29, 1.82) is 0 Å². The zero-order valence-electron chi connectivity index (χ0n) is 13.6. The molecule has 0 unspecified atom stereocenters. The summed E-state index contributed by atoms with van der Waals surface area (Å²) in [5.74, 6) is 0.855. The van der Waals surface area contributed by atoms with E-state index in [-0.39, 0.29) is 12.1 Å². The van der Waals surface area contributed by atoms with Crippen LogP contribution in [0.25, 0.3) is 5.82 Å². The monoisotopic (exact) mass is 315 g/mol. The van der Waals surface area contributed by atoms with Gasteiger partial charge in [-0.15, -0.1) is 0 Å². The molecule has 2 aromatic rings. The predicted octanol–water partition coefficient (Wildman–Crippen LogP) is 2.93. The zero-order chi connectivity index (χ0) is 16.6. The second-order valence-corrected chi connectivity index (χ2v) is 6.01. The summed E-state index contributed by atoms with van der Waals surface area (Å²) >= 11 is 0. The second-order valence-electron chi connectivity index (χ2n) is 6.01. The average molecular weight is 315 g/mol. The lowest BCUT2D eigenvalue weighted by Crippen LogP contribution is -2.47. The summed E-state index contributed by atoms with van der Waals surface area (Å²) in [6.45, 7) is 6.66. The third kappa shape index (κ3) is 2.94. The normalized spacial score (nSPS) is 21.4. The molecule has 0 aliphatic carbocycles. The number of morpholine rings is 1. The maximum Gasteiger partial charge on any atom is 0.407 e. The van der Waals surface area contributed by atoms with Gasteiger partial charge in [0.05, 0.1) is 19.2 Å². The molecule has 3 heterocycles. The Labute approximate surface area is 135 Å². The molecular weight excluding hydrogens is 294 g/mol. The highest BCUT2D eigenvalue weighted by Gasteiger charge is 2.30. The quantitative estimate of drug-likeness (QED) is 0.925. The van der Waals surface area contributed by atoms with Crippen molar-refractivity contribution in [2.24, 2.45) is 0 Å². The Morgan fingerprint density at radius 3 is 2.52 bits per heavy atom. The molecule has 0 aromatic carbocycles. The Balaban J connectivity index is 1.81. The number of hydrogen-bond donors (Lipinski definition) is 1. The van der Waals surface area contributed by atoms with Crippen LogP contribution in [0.2, 0.25) is 0 Å². The van der Waals surface area contributed by atoms with Gasteiger partial charge in [-0.3, -0.25) is 0 Å². The minimum Gasteiger partial charge on any atom is -0.465 e. The molecule has 122 valence electrons.